The second-order valence-corrected chi connectivity index (χ2v) is 7.08. The van der Waals surface area contributed by atoms with Gasteiger partial charge in [0.15, 0.2) is 0 Å². The van der Waals surface area contributed by atoms with Crippen molar-refractivity contribution in [3.05, 3.63) is 70.4 Å². The number of benzene rings is 2. The number of fused-ring (bicyclic) bond motifs is 3. The van der Waals surface area contributed by atoms with E-state index in [1.807, 2.05) is 30.3 Å². The Bertz CT molecular complexity index is 901. The van der Waals surface area contributed by atoms with Crippen molar-refractivity contribution in [2.75, 3.05) is 0 Å². The van der Waals surface area contributed by atoms with Crippen LogP contribution < -0.4 is 5.32 Å². The molecule has 2 N–H and O–H groups in total. The zero-order valence-electron chi connectivity index (χ0n) is 14.0. The monoisotopic (exact) mass is 352 g/mol. The van der Waals surface area contributed by atoms with Crippen LogP contribution >= 0.6 is 11.6 Å². The molecule has 0 bridgehead atoms. The van der Waals surface area contributed by atoms with Gasteiger partial charge in [-0.2, -0.15) is 0 Å². The minimum Gasteiger partial charge on any atom is -0.355 e. The average molecular weight is 353 g/mol. The van der Waals surface area contributed by atoms with Gasteiger partial charge in [0, 0.05) is 17.5 Å². The Morgan fingerprint density at radius 1 is 1.16 bits per heavy atom. The Labute approximate surface area is 152 Å². The summed E-state index contributed by atoms with van der Waals surface area (Å²) in [6.07, 6.45) is 4.36. The lowest BCUT2D eigenvalue weighted by atomic mass is 9.91. The van der Waals surface area contributed by atoms with Crippen LogP contribution in [-0.4, -0.2) is 10.9 Å². The predicted octanol–water partition coefficient (Wildman–Crippen LogP) is 4.95. The SMILES string of the molecule is O=C(CCc1ccccc1)N[C@@H]1CCCc2c1[nH]c1c(Cl)cccc21. The summed E-state index contributed by atoms with van der Waals surface area (Å²) in [5.74, 6) is 0.103. The van der Waals surface area contributed by atoms with Gasteiger partial charge in [-0.05, 0) is 42.9 Å². The van der Waals surface area contributed by atoms with Crippen LogP contribution in [0.25, 0.3) is 10.9 Å². The Hall–Kier alpha value is -2.26. The Kier molecular flexibility index (Phi) is 4.50. The maximum Gasteiger partial charge on any atom is 0.220 e. The van der Waals surface area contributed by atoms with Crippen molar-refractivity contribution >= 4 is 28.4 Å². The lowest BCUT2D eigenvalue weighted by molar-refractivity contribution is -0.121. The number of rotatable bonds is 4. The topological polar surface area (TPSA) is 44.9 Å². The van der Waals surface area contributed by atoms with Crippen LogP contribution in [0.5, 0.6) is 0 Å². The number of H-pyrrole nitrogens is 1. The molecule has 0 radical (unpaired) electrons. The van der Waals surface area contributed by atoms with E-state index in [9.17, 15) is 4.79 Å². The van der Waals surface area contributed by atoms with Crippen LogP contribution in [0.2, 0.25) is 5.02 Å². The highest BCUT2D eigenvalue weighted by molar-refractivity contribution is 6.35. The summed E-state index contributed by atoms with van der Waals surface area (Å²) in [6.45, 7) is 0. The molecule has 3 nitrogen and oxygen atoms in total. The fourth-order valence-electron chi connectivity index (χ4n) is 3.77. The van der Waals surface area contributed by atoms with E-state index in [4.69, 9.17) is 11.6 Å². The van der Waals surface area contributed by atoms with Crippen molar-refractivity contribution in [1.82, 2.24) is 10.3 Å². The van der Waals surface area contributed by atoms with Gasteiger partial charge in [-0.1, -0.05) is 54.1 Å². The van der Waals surface area contributed by atoms with Crippen molar-refractivity contribution < 1.29 is 4.79 Å². The first-order chi connectivity index (χ1) is 12.2. The quantitative estimate of drug-likeness (QED) is 0.685. The van der Waals surface area contributed by atoms with Crippen LogP contribution in [0.15, 0.2) is 48.5 Å². The van der Waals surface area contributed by atoms with Gasteiger partial charge in [0.2, 0.25) is 5.91 Å². The molecule has 1 amide bonds. The van der Waals surface area contributed by atoms with E-state index >= 15 is 0 Å². The van der Waals surface area contributed by atoms with Crippen molar-refractivity contribution in [1.29, 1.82) is 0 Å². The lowest BCUT2D eigenvalue weighted by Gasteiger charge is -2.24. The lowest BCUT2D eigenvalue weighted by Crippen LogP contribution is -2.31. The Balaban J connectivity index is 1.50. The average Bonchev–Trinajstić information content (AvgIpc) is 3.02. The van der Waals surface area contributed by atoms with Crippen LogP contribution in [0, 0.1) is 0 Å². The first-order valence-electron chi connectivity index (χ1n) is 8.84. The minimum absolute atomic E-state index is 0.0514. The number of nitrogens with one attached hydrogen (secondary N) is 2. The molecule has 4 rings (SSSR count). The number of para-hydroxylation sites is 1. The van der Waals surface area contributed by atoms with E-state index in [-0.39, 0.29) is 11.9 Å². The van der Waals surface area contributed by atoms with E-state index < -0.39 is 0 Å². The number of aryl methyl sites for hydroxylation is 2. The minimum atomic E-state index is 0.0514. The van der Waals surface area contributed by atoms with Crippen LogP contribution in [0.4, 0.5) is 0 Å². The van der Waals surface area contributed by atoms with Gasteiger partial charge < -0.3 is 10.3 Å². The third-order valence-electron chi connectivity index (χ3n) is 5.01. The van der Waals surface area contributed by atoms with Gasteiger partial charge in [0.05, 0.1) is 16.6 Å². The van der Waals surface area contributed by atoms with E-state index in [0.717, 1.165) is 41.9 Å². The summed E-state index contributed by atoms with van der Waals surface area (Å²) in [6, 6.07) is 16.2. The third kappa shape index (κ3) is 3.29. The maximum absolute atomic E-state index is 12.4. The Morgan fingerprint density at radius 2 is 2.00 bits per heavy atom. The number of hydrogen-bond donors (Lipinski definition) is 2. The zero-order valence-corrected chi connectivity index (χ0v) is 14.8. The number of hydrogen-bond acceptors (Lipinski definition) is 1. The van der Waals surface area contributed by atoms with Crippen molar-refractivity contribution in [2.24, 2.45) is 0 Å². The number of aromatic amines is 1. The van der Waals surface area contributed by atoms with Crippen molar-refractivity contribution in [3.63, 3.8) is 0 Å². The normalized spacial score (nSPS) is 16.6. The van der Waals surface area contributed by atoms with E-state index in [1.165, 1.54) is 16.5 Å². The largest absolute Gasteiger partial charge is 0.355 e. The molecule has 4 heteroatoms. The van der Waals surface area contributed by atoms with Crippen molar-refractivity contribution in [3.8, 4) is 0 Å². The first-order valence-corrected chi connectivity index (χ1v) is 9.22. The summed E-state index contributed by atoms with van der Waals surface area (Å²) in [5, 5.41) is 5.14. The van der Waals surface area contributed by atoms with Crippen molar-refractivity contribution in [2.45, 2.75) is 38.1 Å². The molecule has 0 fully saturated rings. The number of halogens is 1. The van der Waals surface area contributed by atoms with E-state index in [1.54, 1.807) is 0 Å². The highest BCUT2D eigenvalue weighted by Crippen LogP contribution is 2.36. The molecule has 0 aliphatic heterocycles. The predicted molar refractivity (Wildman–Crippen MR) is 102 cm³/mol. The Morgan fingerprint density at radius 3 is 2.84 bits per heavy atom. The van der Waals surface area contributed by atoms with Gasteiger partial charge in [0.1, 0.15) is 0 Å². The second kappa shape index (κ2) is 6.93. The number of aromatic nitrogens is 1. The molecule has 1 atom stereocenters. The maximum atomic E-state index is 12.4. The summed E-state index contributed by atoms with van der Waals surface area (Å²) in [5.41, 5.74) is 4.61. The summed E-state index contributed by atoms with van der Waals surface area (Å²) in [4.78, 5) is 15.9. The molecule has 25 heavy (non-hydrogen) atoms. The van der Waals surface area contributed by atoms with Gasteiger partial charge >= 0.3 is 0 Å². The molecule has 0 saturated heterocycles. The molecule has 0 saturated carbocycles. The standard InChI is InChI=1S/C21H21ClN2O/c22-17-10-4-8-15-16-9-5-11-18(21(16)24-20(15)17)23-19(25)13-12-14-6-2-1-3-7-14/h1-4,6-8,10,18,24H,5,9,11-13H2,(H,23,25)/t18-/m1/s1. The number of carbonyl (C=O) groups excluding carboxylic acids is 1. The van der Waals surface area contributed by atoms with Gasteiger partial charge in [0.25, 0.3) is 0 Å². The zero-order chi connectivity index (χ0) is 17.2. The van der Waals surface area contributed by atoms with Gasteiger partial charge in [-0.25, -0.2) is 0 Å². The van der Waals surface area contributed by atoms with E-state index in [2.05, 4.69) is 28.5 Å². The molecule has 1 aliphatic rings. The summed E-state index contributed by atoms with van der Waals surface area (Å²) < 4.78 is 0. The van der Waals surface area contributed by atoms with Gasteiger partial charge in [-0.15, -0.1) is 0 Å². The molecule has 0 unspecified atom stereocenters. The van der Waals surface area contributed by atoms with Crippen LogP contribution in [0.1, 0.15) is 42.1 Å². The molecule has 1 aliphatic carbocycles. The molecule has 1 aromatic heterocycles. The van der Waals surface area contributed by atoms with E-state index in [0.29, 0.717) is 6.42 Å². The molecule has 128 valence electrons. The highest BCUT2D eigenvalue weighted by atomic mass is 35.5. The fourth-order valence-corrected chi connectivity index (χ4v) is 3.99. The highest BCUT2D eigenvalue weighted by Gasteiger charge is 2.25. The third-order valence-corrected chi connectivity index (χ3v) is 5.33. The second-order valence-electron chi connectivity index (χ2n) is 6.68. The fraction of sp³-hybridized carbons (Fsp3) is 0.286. The molecule has 2 aromatic carbocycles. The number of carbonyl (C=O) groups is 1. The summed E-state index contributed by atoms with van der Waals surface area (Å²) in [7, 11) is 0. The molecular formula is C21H21ClN2O. The van der Waals surface area contributed by atoms with Gasteiger partial charge in [-0.3, -0.25) is 4.79 Å². The smallest absolute Gasteiger partial charge is 0.220 e. The molecular weight excluding hydrogens is 332 g/mol. The van der Waals surface area contributed by atoms with Crippen LogP contribution in [0.3, 0.4) is 0 Å². The molecule has 0 spiro atoms. The number of amides is 1. The first kappa shape index (κ1) is 16.2. The van der Waals surface area contributed by atoms with Crippen LogP contribution in [-0.2, 0) is 17.6 Å². The summed E-state index contributed by atoms with van der Waals surface area (Å²) >= 11 is 6.33. The molecule has 1 heterocycles. The molecule has 3 aromatic rings.